The molecule has 2 aromatic rings. The van der Waals surface area contributed by atoms with Crippen LogP contribution in [-0.2, 0) is 7.05 Å². The third-order valence-corrected chi connectivity index (χ3v) is 2.72. The van der Waals surface area contributed by atoms with E-state index >= 15 is 0 Å². The number of nitrogens with one attached hydrogen (secondary N) is 1. The van der Waals surface area contributed by atoms with Crippen LogP contribution in [-0.4, -0.2) is 25.8 Å². The van der Waals surface area contributed by atoms with E-state index < -0.39 is 10.9 Å². The van der Waals surface area contributed by atoms with E-state index in [1.54, 1.807) is 24.9 Å². The Kier molecular flexibility index (Phi) is 3.38. The summed E-state index contributed by atoms with van der Waals surface area (Å²) in [6.07, 6.45) is 1.66. The van der Waals surface area contributed by atoms with Gasteiger partial charge < -0.3 is 10.4 Å². The standard InChI is InChI=1S/C12H12N4O4/c1-7-10(6-15(2)14-7)13-9-5-8(12(17)18)3-4-11(9)16(19)20/h3-6,13H,1-2H3,(H,17,18). The summed E-state index contributed by atoms with van der Waals surface area (Å²) in [4.78, 5) is 21.4. The lowest BCUT2D eigenvalue weighted by molar-refractivity contribution is -0.383. The molecule has 1 heterocycles. The van der Waals surface area contributed by atoms with E-state index in [0.717, 1.165) is 6.07 Å². The maximum absolute atomic E-state index is 11.0. The van der Waals surface area contributed by atoms with Gasteiger partial charge in [-0.25, -0.2) is 4.79 Å². The van der Waals surface area contributed by atoms with Crippen molar-refractivity contribution in [1.82, 2.24) is 9.78 Å². The highest BCUT2D eigenvalue weighted by atomic mass is 16.6. The van der Waals surface area contributed by atoms with E-state index in [1.807, 2.05) is 0 Å². The molecule has 2 rings (SSSR count). The van der Waals surface area contributed by atoms with Crippen molar-refractivity contribution in [2.75, 3.05) is 5.32 Å². The normalized spacial score (nSPS) is 10.3. The molecule has 0 atom stereocenters. The van der Waals surface area contributed by atoms with E-state index in [-0.39, 0.29) is 16.9 Å². The van der Waals surface area contributed by atoms with Crippen LogP contribution >= 0.6 is 0 Å². The van der Waals surface area contributed by atoms with Gasteiger partial charge in [-0.15, -0.1) is 0 Å². The largest absolute Gasteiger partial charge is 0.478 e. The number of anilines is 2. The number of nitro benzene ring substituents is 1. The smallest absolute Gasteiger partial charge is 0.335 e. The van der Waals surface area contributed by atoms with Crippen molar-refractivity contribution in [1.29, 1.82) is 0 Å². The number of carboxylic acid groups (broad SMARTS) is 1. The van der Waals surface area contributed by atoms with Gasteiger partial charge in [0.15, 0.2) is 0 Å². The van der Waals surface area contributed by atoms with Crippen LogP contribution in [0.1, 0.15) is 16.1 Å². The first-order valence-corrected chi connectivity index (χ1v) is 5.67. The topological polar surface area (TPSA) is 110 Å². The zero-order chi connectivity index (χ0) is 14.9. The molecular formula is C12H12N4O4. The molecule has 1 aromatic carbocycles. The monoisotopic (exact) mass is 276 g/mol. The van der Waals surface area contributed by atoms with E-state index in [1.165, 1.54) is 12.1 Å². The summed E-state index contributed by atoms with van der Waals surface area (Å²) in [6, 6.07) is 3.59. The van der Waals surface area contributed by atoms with Crippen molar-refractivity contribution in [2.45, 2.75) is 6.92 Å². The summed E-state index contributed by atoms with van der Waals surface area (Å²) >= 11 is 0. The number of aryl methyl sites for hydroxylation is 2. The van der Waals surface area contributed by atoms with Gasteiger partial charge in [0.05, 0.1) is 21.9 Å². The van der Waals surface area contributed by atoms with Crippen molar-refractivity contribution in [2.24, 2.45) is 7.05 Å². The Bertz CT molecular complexity index is 693. The molecule has 0 saturated heterocycles. The van der Waals surface area contributed by atoms with Crippen LogP contribution in [0.25, 0.3) is 0 Å². The van der Waals surface area contributed by atoms with Gasteiger partial charge in [-0.05, 0) is 19.1 Å². The predicted molar refractivity (Wildman–Crippen MR) is 71.3 cm³/mol. The molecule has 0 amide bonds. The fourth-order valence-electron chi connectivity index (χ4n) is 1.80. The molecular weight excluding hydrogens is 264 g/mol. The zero-order valence-electron chi connectivity index (χ0n) is 10.8. The number of aromatic nitrogens is 2. The van der Waals surface area contributed by atoms with Crippen molar-refractivity contribution in [3.63, 3.8) is 0 Å². The summed E-state index contributed by atoms with van der Waals surface area (Å²) in [5.74, 6) is -1.15. The van der Waals surface area contributed by atoms with Crippen LogP contribution in [0.4, 0.5) is 17.1 Å². The van der Waals surface area contributed by atoms with Crippen molar-refractivity contribution in [3.05, 3.63) is 45.8 Å². The first-order chi connectivity index (χ1) is 9.38. The molecule has 8 nitrogen and oxygen atoms in total. The van der Waals surface area contributed by atoms with Crippen LogP contribution in [0.15, 0.2) is 24.4 Å². The maximum Gasteiger partial charge on any atom is 0.335 e. The summed E-state index contributed by atoms with van der Waals surface area (Å²) in [5, 5.41) is 26.9. The van der Waals surface area contributed by atoms with Gasteiger partial charge in [-0.1, -0.05) is 0 Å². The highest BCUT2D eigenvalue weighted by molar-refractivity contribution is 5.90. The van der Waals surface area contributed by atoms with Crippen molar-refractivity contribution < 1.29 is 14.8 Å². The van der Waals surface area contributed by atoms with Gasteiger partial charge in [0.25, 0.3) is 5.69 Å². The van der Waals surface area contributed by atoms with Gasteiger partial charge in [0.2, 0.25) is 0 Å². The highest BCUT2D eigenvalue weighted by Crippen LogP contribution is 2.29. The summed E-state index contributed by atoms with van der Waals surface area (Å²) in [5.41, 5.74) is 1.13. The molecule has 8 heteroatoms. The Morgan fingerprint density at radius 1 is 1.45 bits per heavy atom. The number of rotatable bonds is 4. The zero-order valence-corrected chi connectivity index (χ0v) is 10.8. The van der Waals surface area contributed by atoms with Gasteiger partial charge in [0, 0.05) is 19.3 Å². The van der Waals surface area contributed by atoms with Crippen LogP contribution in [0.2, 0.25) is 0 Å². The Hall–Kier alpha value is -2.90. The molecule has 0 fully saturated rings. The Balaban J connectivity index is 2.47. The molecule has 0 spiro atoms. The fourth-order valence-corrected chi connectivity index (χ4v) is 1.80. The van der Waals surface area contributed by atoms with Crippen LogP contribution < -0.4 is 5.32 Å². The van der Waals surface area contributed by atoms with E-state index in [4.69, 9.17) is 5.11 Å². The summed E-state index contributed by atoms with van der Waals surface area (Å²) in [6.45, 7) is 1.75. The first-order valence-electron chi connectivity index (χ1n) is 5.67. The highest BCUT2D eigenvalue weighted by Gasteiger charge is 2.17. The van der Waals surface area contributed by atoms with Gasteiger partial charge in [0.1, 0.15) is 5.69 Å². The van der Waals surface area contributed by atoms with Crippen molar-refractivity contribution >= 4 is 23.0 Å². The van der Waals surface area contributed by atoms with E-state index in [2.05, 4.69) is 10.4 Å². The Labute approximate surface area is 113 Å². The maximum atomic E-state index is 11.0. The summed E-state index contributed by atoms with van der Waals surface area (Å²) in [7, 11) is 1.72. The average Bonchev–Trinajstić information content (AvgIpc) is 2.67. The van der Waals surface area contributed by atoms with Gasteiger partial charge in [-0.2, -0.15) is 5.10 Å². The third kappa shape index (κ3) is 2.58. The summed E-state index contributed by atoms with van der Waals surface area (Å²) < 4.78 is 1.56. The van der Waals surface area contributed by atoms with Crippen LogP contribution in [0.3, 0.4) is 0 Å². The van der Waals surface area contributed by atoms with E-state index in [9.17, 15) is 14.9 Å². The average molecular weight is 276 g/mol. The minimum absolute atomic E-state index is 0.0281. The molecule has 1 aromatic heterocycles. The Morgan fingerprint density at radius 2 is 2.15 bits per heavy atom. The molecule has 104 valence electrons. The lowest BCUT2D eigenvalue weighted by Crippen LogP contribution is -2.02. The predicted octanol–water partition coefficient (Wildman–Crippen LogP) is 2.08. The second-order valence-corrected chi connectivity index (χ2v) is 4.22. The number of carboxylic acids is 1. The lowest BCUT2D eigenvalue weighted by Gasteiger charge is -2.06. The molecule has 20 heavy (non-hydrogen) atoms. The molecule has 0 unspecified atom stereocenters. The number of carbonyl (C=O) groups is 1. The number of aromatic carboxylic acids is 1. The molecule has 0 radical (unpaired) electrons. The van der Waals surface area contributed by atoms with Crippen LogP contribution in [0.5, 0.6) is 0 Å². The second-order valence-electron chi connectivity index (χ2n) is 4.22. The molecule has 0 saturated carbocycles. The van der Waals surface area contributed by atoms with Crippen LogP contribution in [0, 0.1) is 17.0 Å². The third-order valence-electron chi connectivity index (χ3n) is 2.72. The lowest BCUT2D eigenvalue weighted by atomic mass is 10.1. The van der Waals surface area contributed by atoms with Crippen molar-refractivity contribution in [3.8, 4) is 0 Å². The molecule has 2 N–H and O–H groups in total. The first kappa shape index (κ1) is 13.5. The number of benzene rings is 1. The SMILES string of the molecule is Cc1nn(C)cc1Nc1cc(C(=O)O)ccc1[N+](=O)[O-]. The minimum atomic E-state index is -1.15. The van der Waals surface area contributed by atoms with Gasteiger partial charge >= 0.3 is 5.97 Å². The number of nitro groups is 1. The quantitative estimate of drug-likeness (QED) is 0.653. The Morgan fingerprint density at radius 3 is 2.65 bits per heavy atom. The molecule has 0 aliphatic heterocycles. The number of hydrogen-bond acceptors (Lipinski definition) is 5. The number of nitrogens with zero attached hydrogens (tertiary/aromatic N) is 3. The molecule has 0 bridgehead atoms. The number of hydrogen-bond donors (Lipinski definition) is 2. The van der Waals surface area contributed by atoms with Gasteiger partial charge in [-0.3, -0.25) is 14.8 Å². The fraction of sp³-hybridized carbons (Fsp3) is 0.167. The molecule has 0 aliphatic carbocycles. The minimum Gasteiger partial charge on any atom is -0.478 e. The second kappa shape index (κ2) is 5.00. The molecule has 0 aliphatic rings. The van der Waals surface area contributed by atoms with E-state index in [0.29, 0.717) is 11.4 Å².